The molecule has 2 saturated heterocycles. The molecule has 0 saturated carbocycles. The second kappa shape index (κ2) is 4.28. The first-order chi connectivity index (χ1) is 7.18. The average Bonchev–Trinajstić information content (AvgIpc) is 2.71. The van der Waals surface area contributed by atoms with Crippen molar-refractivity contribution in [2.75, 3.05) is 13.2 Å². The molecule has 0 aliphatic carbocycles. The van der Waals surface area contributed by atoms with E-state index in [1.165, 1.54) is 4.90 Å². The Labute approximate surface area is 88.5 Å². The number of ether oxygens (including phenoxy) is 1. The first-order valence-corrected chi connectivity index (χ1v) is 5.40. The zero-order valence-corrected chi connectivity index (χ0v) is 8.65. The van der Waals surface area contributed by atoms with Gasteiger partial charge in [-0.2, -0.15) is 0 Å². The van der Waals surface area contributed by atoms with Gasteiger partial charge in [0.1, 0.15) is 0 Å². The molecule has 0 aromatic rings. The molecule has 2 amide bonds. The second-order valence-electron chi connectivity index (χ2n) is 4.12. The highest BCUT2D eigenvalue weighted by Gasteiger charge is 2.34. The molecular formula is C10H16N2O3. The Morgan fingerprint density at radius 2 is 2.20 bits per heavy atom. The van der Waals surface area contributed by atoms with Crippen molar-refractivity contribution in [2.24, 2.45) is 5.73 Å². The summed E-state index contributed by atoms with van der Waals surface area (Å²) in [7, 11) is 0. The number of carbonyl (C=O) groups excluding carboxylic acids is 2. The summed E-state index contributed by atoms with van der Waals surface area (Å²) in [6, 6.07) is -0.510. The first-order valence-electron chi connectivity index (χ1n) is 5.40. The summed E-state index contributed by atoms with van der Waals surface area (Å²) in [6.07, 6.45) is 2.79. The Bertz CT molecular complexity index is 274. The molecule has 0 aromatic carbocycles. The quantitative estimate of drug-likeness (QED) is 0.634. The maximum absolute atomic E-state index is 11.6. The molecular weight excluding hydrogens is 196 g/mol. The Morgan fingerprint density at radius 3 is 2.87 bits per heavy atom. The van der Waals surface area contributed by atoms with Gasteiger partial charge in [0.05, 0.1) is 18.7 Å². The molecule has 2 aliphatic heterocycles. The van der Waals surface area contributed by atoms with E-state index in [0.717, 1.165) is 19.4 Å². The standard InChI is InChI=1S/C10H16N2O3/c11-8-3-4-9(13)12(10(8)14)6-7-2-1-5-15-7/h7-8H,1-6,11H2/t7?,8-/m0/s1. The molecule has 5 heteroatoms. The monoisotopic (exact) mass is 212 g/mol. The number of imide groups is 1. The highest BCUT2D eigenvalue weighted by molar-refractivity contribution is 6.00. The lowest BCUT2D eigenvalue weighted by Crippen LogP contribution is -2.53. The molecule has 84 valence electrons. The Balaban J connectivity index is 1.98. The van der Waals surface area contributed by atoms with E-state index in [0.29, 0.717) is 19.4 Å². The fourth-order valence-electron chi connectivity index (χ4n) is 2.04. The lowest BCUT2D eigenvalue weighted by Gasteiger charge is -2.30. The van der Waals surface area contributed by atoms with Gasteiger partial charge in [0.15, 0.2) is 0 Å². The maximum Gasteiger partial charge on any atom is 0.246 e. The predicted octanol–water partition coefficient (Wildman–Crippen LogP) is -0.358. The van der Waals surface area contributed by atoms with Crippen LogP contribution < -0.4 is 5.73 Å². The SMILES string of the molecule is N[C@H]1CCC(=O)N(CC2CCCO2)C1=O. The topological polar surface area (TPSA) is 72.6 Å². The van der Waals surface area contributed by atoms with Crippen molar-refractivity contribution in [1.82, 2.24) is 4.90 Å². The van der Waals surface area contributed by atoms with Crippen molar-refractivity contribution in [3.05, 3.63) is 0 Å². The van der Waals surface area contributed by atoms with E-state index in [1.807, 2.05) is 0 Å². The minimum absolute atomic E-state index is 0.0169. The number of likely N-dealkylation sites (tertiary alicyclic amines) is 1. The van der Waals surface area contributed by atoms with Gasteiger partial charge in [-0.1, -0.05) is 0 Å². The Morgan fingerprint density at radius 1 is 1.40 bits per heavy atom. The Hall–Kier alpha value is -0.940. The van der Waals surface area contributed by atoms with Crippen LogP contribution in [0.25, 0.3) is 0 Å². The van der Waals surface area contributed by atoms with Gasteiger partial charge in [0.25, 0.3) is 0 Å². The zero-order valence-electron chi connectivity index (χ0n) is 8.65. The van der Waals surface area contributed by atoms with Crippen molar-refractivity contribution in [3.63, 3.8) is 0 Å². The number of nitrogens with zero attached hydrogens (tertiary/aromatic N) is 1. The summed E-state index contributed by atoms with van der Waals surface area (Å²) < 4.78 is 5.40. The van der Waals surface area contributed by atoms with Crippen LogP contribution in [-0.4, -0.2) is 42.0 Å². The van der Waals surface area contributed by atoms with Gasteiger partial charge in [-0.05, 0) is 19.3 Å². The third-order valence-electron chi connectivity index (χ3n) is 2.96. The van der Waals surface area contributed by atoms with Crippen LogP contribution >= 0.6 is 0 Å². The van der Waals surface area contributed by atoms with Gasteiger partial charge in [-0.25, -0.2) is 0 Å². The minimum atomic E-state index is -0.510. The highest BCUT2D eigenvalue weighted by atomic mass is 16.5. The van der Waals surface area contributed by atoms with E-state index in [9.17, 15) is 9.59 Å². The smallest absolute Gasteiger partial charge is 0.246 e. The first kappa shape index (κ1) is 10.6. The number of piperidine rings is 1. The van der Waals surface area contributed by atoms with Gasteiger partial charge in [0, 0.05) is 13.0 Å². The summed E-state index contributed by atoms with van der Waals surface area (Å²) in [5.74, 6) is -0.362. The lowest BCUT2D eigenvalue weighted by molar-refractivity contribution is -0.150. The molecule has 0 aromatic heterocycles. The third kappa shape index (κ3) is 2.18. The van der Waals surface area contributed by atoms with E-state index >= 15 is 0 Å². The summed E-state index contributed by atoms with van der Waals surface area (Å²) in [6.45, 7) is 1.11. The largest absolute Gasteiger partial charge is 0.376 e. The second-order valence-corrected chi connectivity index (χ2v) is 4.12. The fourth-order valence-corrected chi connectivity index (χ4v) is 2.04. The van der Waals surface area contributed by atoms with E-state index in [4.69, 9.17) is 10.5 Å². The molecule has 2 heterocycles. The summed E-state index contributed by atoms with van der Waals surface area (Å²) in [5.41, 5.74) is 5.62. The van der Waals surface area contributed by atoms with Crippen molar-refractivity contribution >= 4 is 11.8 Å². The molecule has 1 unspecified atom stereocenters. The van der Waals surface area contributed by atoms with Crippen LogP contribution in [-0.2, 0) is 14.3 Å². The van der Waals surface area contributed by atoms with Crippen LogP contribution in [0.4, 0.5) is 0 Å². The van der Waals surface area contributed by atoms with Gasteiger partial charge in [-0.15, -0.1) is 0 Å². The number of rotatable bonds is 2. The predicted molar refractivity (Wildman–Crippen MR) is 52.9 cm³/mol. The molecule has 0 radical (unpaired) electrons. The zero-order chi connectivity index (χ0) is 10.8. The molecule has 2 fully saturated rings. The molecule has 2 N–H and O–H groups in total. The molecule has 2 rings (SSSR count). The summed E-state index contributed by atoms with van der Waals surface area (Å²) in [5, 5.41) is 0. The number of amides is 2. The number of carbonyl (C=O) groups is 2. The maximum atomic E-state index is 11.6. The van der Waals surface area contributed by atoms with Crippen molar-refractivity contribution in [3.8, 4) is 0 Å². The van der Waals surface area contributed by atoms with E-state index < -0.39 is 6.04 Å². The van der Waals surface area contributed by atoms with Crippen molar-refractivity contribution in [1.29, 1.82) is 0 Å². The molecule has 0 spiro atoms. The van der Waals surface area contributed by atoms with Crippen LogP contribution in [0.15, 0.2) is 0 Å². The van der Waals surface area contributed by atoms with Gasteiger partial charge in [0.2, 0.25) is 11.8 Å². The van der Waals surface area contributed by atoms with Gasteiger partial charge >= 0.3 is 0 Å². The van der Waals surface area contributed by atoms with Gasteiger partial charge in [-0.3, -0.25) is 14.5 Å². The van der Waals surface area contributed by atoms with E-state index in [2.05, 4.69) is 0 Å². The van der Waals surface area contributed by atoms with Crippen molar-refractivity contribution < 1.29 is 14.3 Å². The van der Waals surface area contributed by atoms with E-state index in [1.54, 1.807) is 0 Å². The Kier molecular flexibility index (Phi) is 3.02. The van der Waals surface area contributed by atoms with Crippen LogP contribution in [0.2, 0.25) is 0 Å². The normalized spacial score (nSPS) is 32.5. The van der Waals surface area contributed by atoms with Crippen LogP contribution in [0.1, 0.15) is 25.7 Å². The fraction of sp³-hybridized carbons (Fsp3) is 0.800. The lowest BCUT2D eigenvalue weighted by atomic mass is 10.0. The molecule has 5 nitrogen and oxygen atoms in total. The van der Waals surface area contributed by atoms with Crippen molar-refractivity contribution in [2.45, 2.75) is 37.8 Å². The average molecular weight is 212 g/mol. The van der Waals surface area contributed by atoms with Gasteiger partial charge < -0.3 is 10.5 Å². The third-order valence-corrected chi connectivity index (χ3v) is 2.96. The van der Waals surface area contributed by atoms with Crippen LogP contribution in [0.3, 0.4) is 0 Å². The highest BCUT2D eigenvalue weighted by Crippen LogP contribution is 2.17. The minimum Gasteiger partial charge on any atom is -0.376 e. The number of hydrogen-bond donors (Lipinski definition) is 1. The molecule has 15 heavy (non-hydrogen) atoms. The molecule has 0 bridgehead atoms. The number of hydrogen-bond acceptors (Lipinski definition) is 4. The summed E-state index contributed by atoms with van der Waals surface area (Å²) >= 11 is 0. The molecule has 2 aliphatic rings. The van der Waals surface area contributed by atoms with Crippen LogP contribution in [0, 0.1) is 0 Å². The van der Waals surface area contributed by atoms with E-state index in [-0.39, 0.29) is 17.9 Å². The van der Waals surface area contributed by atoms with Crippen LogP contribution in [0.5, 0.6) is 0 Å². The summed E-state index contributed by atoms with van der Waals surface area (Å²) in [4.78, 5) is 24.4. The number of nitrogens with two attached hydrogens (primary N) is 1. The molecule has 2 atom stereocenters.